The van der Waals surface area contributed by atoms with Gasteiger partial charge in [0.15, 0.2) is 9.84 Å². The molecular formula is C5H9N3O2S2. The highest BCUT2D eigenvalue weighted by molar-refractivity contribution is 7.90. The van der Waals surface area contributed by atoms with E-state index in [2.05, 4.69) is 10.2 Å². The quantitative estimate of drug-likeness (QED) is 0.725. The highest BCUT2D eigenvalue weighted by atomic mass is 32.2. The average molecular weight is 207 g/mol. The SMILES string of the molecule is CS(=O)(=O)Cc1nnc(CN)s1. The molecule has 0 aliphatic carbocycles. The molecule has 0 bridgehead atoms. The average Bonchev–Trinajstić information content (AvgIpc) is 2.32. The van der Waals surface area contributed by atoms with Crippen molar-refractivity contribution in [3.05, 3.63) is 10.0 Å². The number of rotatable bonds is 3. The third kappa shape index (κ3) is 2.84. The lowest BCUT2D eigenvalue weighted by molar-refractivity contribution is 0.600. The number of nitrogens with zero attached hydrogens (tertiary/aromatic N) is 2. The first-order valence-corrected chi connectivity index (χ1v) is 6.08. The summed E-state index contributed by atoms with van der Waals surface area (Å²) >= 11 is 1.23. The number of aromatic nitrogens is 2. The van der Waals surface area contributed by atoms with Gasteiger partial charge in [-0.15, -0.1) is 10.2 Å². The predicted octanol–water partition coefficient (Wildman–Crippen LogP) is -0.459. The molecule has 0 amide bonds. The van der Waals surface area contributed by atoms with Crippen LogP contribution in [0.15, 0.2) is 0 Å². The van der Waals surface area contributed by atoms with Gasteiger partial charge in [-0.3, -0.25) is 0 Å². The van der Waals surface area contributed by atoms with Gasteiger partial charge >= 0.3 is 0 Å². The molecule has 1 heterocycles. The summed E-state index contributed by atoms with van der Waals surface area (Å²) in [6.07, 6.45) is 1.16. The highest BCUT2D eigenvalue weighted by Gasteiger charge is 2.09. The zero-order chi connectivity index (χ0) is 9.19. The molecule has 5 nitrogen and oxygen atoms in total. The minimum Gasteiger partial charge on any atom is -0.324 e. The third-order valence-electron chi connectivity index (χ3n) is 1.07. The summed E-state index contributed by atoms with van der Waals surface area (Å²) in [7, 11) is -3.00. The number of hydrogen-bond donors (Lipinski definition) is 1. The zero-order valence-electron chi connectivity index (χ0n) is 6.52. The van der Waals surface area contributed by atoms with Crippen LogP contribution in [0.25, 0.3) is 0 Å². The molecular weight excluding hydrogens is 198 g/mol. The maximum absolute atomic E-state index is 10.8. The van der Waals surface area contributed by atoms with Crippen molar-refractivity contribution in [3.63, 3.8) is 0 Å². The molecule has 2 N–H and O–H groups in total. The summed E-state index contributed by atoms with van der Waals surface area (Å²) in [6.45, 7) is 0.307. The Kier molecular flexibility index (Phi) is 2.76. The minimum absolute atomic E-state index is 0.0509. The van der Waals surface area contributed by atoms with Crippen LogP contribution < -0.4 is 5.73 Å². The van der Waals surface area contributed by atoms with Gasteiger partial charge in [0.05, 0.1) is 0 Å². The second kappa shape index (κ2) is 3.46. The summed E-state index contributed by atoms with van der Waals surface area (Å²) < 4.78 is 21.6. The summed E-state index contributed by atoms with van der Waals surface area (Å²) in [5.74, 6) is -0.0509. The van der Waals surface area contributed by atoms with Crippen LogP contribution in [-0.4, -0.2) is 24.9 Å². The lowest BCUT2D eigenvalue weighted by Gasteiger charge is -1.89. The molecule has 7 heteroatoms. The molecule has 0 saturated carbocycles. The second-order valence-corrected chi connectivity index (χ2v) is 5.65. The first kappa shape index (κ1) is 9.56. The monoisotopic (exact) mass is 207 g/mol. The Bertz CT molecular complexity index is 357. The number of sulfone groups is 1. The van der Waals surface area contributed by atoms with Crippen molar-refractivity contribution < 1.29 is 8.42 Å². The molecule has 0 saturated heterocycles. The molecule has 68 valence electrons. The van der Waals surface area contributed by atoms with Gasteiger partial charge in [0.25, 0.3) is 0 Å². The molecule has 0 aromatic carbocycles. The Labute approximate surface area is 74.5 Å². The molecule has 1 rings (SSSR count). The van der Waals surface area contributed by atoms with Crippen LogP contribution >= 0.6 is 11.3 Å². The molecule has 0 aliphatic rings. The van der Waals surface area contributed by atoms with Gasteiger partial charge in [-0.05, 0) is 0 Å². The predicted molar refractivity (Wildman–Crippen MR) is 46.3 cm³/mol. The first-order chi connectivity index (χ1) is 5.51. The van der Waals surface area contributed by atoms with E-state index >= 15 is 0 Å². The van der Waals surface area contributed by atoms with Crippen LogP contribution in [-0.2, 0) is 22.1 Å². The van der Waals surface area contributed by atoms with Crippen molar-refractivity contribution in [1.82, 2.24) is 10.2 Å². The lowest BCUT2D eigenvalue weighted by atomic mass is 10.7. The lowest BCUT2D eigenvalue weighted by Crippen LogP contribution is -1.99. The van der Waals surface area contributed by atoms with Gasteiger partial charge in [0, 0.05) is 12.8 Å². The molecule has 0 atom stereocenters. The maximum atomic E-state index is 10.8. The molecule has 1 aromatic heterocycles. The van der Waals surface area contributed by atoms with E-state index in [-0.39, 0.29) is 5.75 Å². The fraction of sp³-hybridized carbons (Fsp3) is 0.600. The molecule has 12 heavy (non-hydrogen) atoms. The minimum atomic E-state index is -3.00. The van der Waals surface area contributed by atoms with Crippen LogP contribution in [0.4, 0.5) is 0 Å². The maximum Gasteiger partial charge on any atom is 0.154 e. The van der Waals surface area contributed by atoms with E-state index in [1.165, 1.54) is 11.3 Å². The largest absolute Gasteiger partial charge is 0.324 e. The Morgan fingerprint density at radius 2 is 2.00 bits per heavy atom. The smallest absolute Gasteiger partial charge is 0.154 e. The van der Waals surface area contributed by atoms with Crippen LogP contribution in [0, 0.1) is 0 Å². The van der Waals surface area contributed by atoms with E-state index < -0.39 is 9.84 Å². The van der Waals surface area contributed by atoms with E-state index in [9.17, 15) is 8.42 Å². The Morgan fingerprint density at radius 3 is 2.42 bits per heavy atom. The molecule has 0 spiro atoms. The van der Waals surface area contributed by atoms with Crippen molar-refractivity contribution >= 4 is 21.2 Å². The Balaban J connectivity index is 2.78. The summed E-state index contributed by atoms with van der Waals surface area (Å²) in [4.78, 5) is 0. The van der Waals surface area contributed by atoms with E-state index in [0.717, 1.165) is 6.26 Å². The fourth-order valence-corrected chi connectivity index (χ4v) is 2.56. The third-order valence-corrected chi connectivity index (χ3v) is 3.00. The van der Waals surface area contributed by atoms with Crippen molar-refractivity contribution in [2.45, 2.75) is 12.3 Å². The molecule has 0 fully saturated rings. The number of hydrogen-bond acceptors (Lipinski definition) is 6. The van der Waals surface area contributed by atoms with Gasteiger partial charge in [0.2, 0.25) is 0 Å². The molecule has 1 aromatic rings. The zero-order valence-corrected chi connectivity index (χ0v) is 8.15. The van der Waals surface area contributed by atoms with Crippen molar-refractivity contribution in [2.24, 2.45) is 5.73 Å². The van der Waals surface area contributed by atoms with Crippen molar-refractivity contribution in [2.75, 3.05) is 6.26 Å². The van der Waals surface area contributed by atoms with Crippen LogP contribution in [0.2, 0.25) is 0 Å². The van der Waals surface area contributed by atoms with Gasteiger partial charge in [-0.1, -0.05) is 11.3 Å². The van der Waals surface area contributed by atoms with Gasteiger partial charge in [0.1, 0.15) is 15.8 Å². The summed E-state index contributed by atoms with van der Waals surface area (Å²) in [5.41, 5.74) is 5.29. The molecule has 0 unspecified atom stereocenters. The number of nitrogens with two attached hydrogens (primary N) is 1. The van der Waals surface area contributed by atoms with E-state index in [1.807, 2.05) is 0 Å². The van der Waals surface area contributed by atoms with E-state index in [4.69, 9.17) is 5.73 Å². The van der Waals surface area contributed by atoms with Gasteiger partial charge < -0.3 is 5.73 Å². The van der Waals surface area contributed by atoms with Crippen molar-refractivity contribution in [3.8, 4) is 0 Å². The Morgan fingerprint density at radius 1 is 1.42 bits per heavy atom. The van der Waals surface area contributed by atoms with Crippen LogP contribution in [0.3, 0.4) is 0 Å². The van der Waals surface area contributed by atoms with Crippen LogP contribution in [0.1, 0.15) is 10.0 Å². The molecule has 0 aliphatic heterocycles. The normalized spacial score (nSPS) is 11.8. The summed E-state index contributed by atoms with van der Waals surface area (Å²) in [6, 6.07) is 0. The van der Waals surface area contributed by atoms with E-state index in [0.29, 0.717) is 16.6 Å². The molecule has 0 radical (unpaired) electrons. The highest BCUT2D eigenvalue weighted by Crippen LogP contribution is 2.11. The van der Waals surface area contributed by atoms with Crippen molar-refractivity contribution in [1.29, 1.82) is 0 Å². The topological polar surface area (TPSA) is 85.9 Å². The second-order valence-electron chi connectivity index (χ2n) is 2.36. The van der Waals surface area contributed by atoms with E-state index in [1.54, 1.807) is 0 Å². The van der Waals surface area contributed by atoms with Crippen LogP contribution in [0.5, 0.6) is 0 Å². The Hall–Kier alpha value is -0.530. The fourth-order valence-electron chi connectivity index (χ4n) is 0.653. The first-order valence-electron chi connectivity index (χ1n) is 3.20. The summed E-state index contributed by atoms with van der Waals surface area (Å²) in [5, 5.41) is 8.54. The van der Waals surface area contributed by atoms with Gasteiger partial charge in [-0.2, -0.15) is 0 Å². The standard InChI is InChI=1S/C5H9N3O2S2/c1-12(9,10)3-5-8-7-4(2-6)11-5/h2-3,6H2,1H3. The van der Waals surface area contributed by atoms with Gasteiger partial charge in [-0.25, -0.2) is 8.42 Å².